The van der Waals surface area contributed by atoms with Crippen LogP contribution in [0, 0.1) is 6.92 Å². The van der Waals surface area contributed by atoms with Crippen molar-refractivity contribution in [2.45, 2.75) is 43.5 Å². The molecule has 5 rings (SSSR count). The van der Waals surface area contributed by atoms with E-state index in [1.165, 1.54) is 0 Å². The predicted molar refractivity (Wildman–Crippen MR) is 125 cm³/mol. The third kappa shape index (κ3) is 3.88. The smallest absolute Gasteiger partial charge is 0.340 e. The predicted octanol–water partition coefficient (Wildman–Crippen LogP) is 5.47. The quantitative estimate of drug-likeness (QED) is 0.278. The summed E-state index contributed by atoms with van der Waals surface area (Å²) in [7, 11) is 0. The minimum Gasteiger partial charge on any atom is -0.462 e. The van der Waals surface area contributed by atoms with E-state index in [4.69, 9.17) is 9.72 Å². The van der Waals surface area contributed by atoms with E-state index in [2.05, 4.69) is 26.9 Å². The molecule has 1 saturated carbocycles. The largest absolute Gasteiger partial charge is 0.462 e. The molecule has 0 spiro atoms. The first kappa shape index (κ1) is 20.7. The minimum absolute atomic E-state index is 0.324. The van der Waals surface area contributed by atoms with Gasteiger partial charge in [-0.3, -0.25) is 9.55 Å². The van der Waals surface area contributed by atoms with E-state index in [-0.39, 0.29) is 5.97 Å². The summed E-state index contributed by atoms with van der Waals surface area (Å²) in [5, 5.41) is 10.8. The highest BCUT2D eigenvalue weighted by Gasteiger charge is 2.31. The van der Waals surface area contributed by atoms with Gasteiger partial charge in [-0.1, -0.05) is 48.2 Å². The van der Waals surface area contributed by atoms with Gasteiger partial charge in [0.05, 0.1) is 23.4 Å². The summed E-state index contributed by atoms with van der Waals surface area (Å²) in [5.41, 5.74) is 4.08. The van der Waals surface area contributed by atoms with Crippen molar-refractivity contribution < 1.29 is 9.53 Å². The highest BCUT2D eigenvalue weighted by atomic mass is 32.2. The molecule has 0 atom stereocenters. The molecule has 0 unspecified atom stereocenters. The Labute approximate surface area is 191 Å². The van der Waals surface area contributed by atoms with E-state index in [1.807, 2.05) is 56.3 Å². The maximum absolute atomic E-state index is 12.8. The normalized spacial score (nSPS) is 13.4. The zero-order valence-electron chi connectivity index (χ0n) is 18.1. The lowest BCUT2D eigenvalue weighted by Gasteiger charge is -2.14. The first-order valence-electron chi connectivity index (χ1n) is 10.9. The maximum atomic E-state index is 12.8. The average molecular weight is 445 g/mol. The molecule has 0 N–H and O–H groups in total. The number of carbonyl (C=O) groups excluding carboxylic acids is 1. The van der Waals surface area contributed by atoms with Crippen LogP contribution in [0.2, 0.25) is 0 Å². The van der Waals surface area contributed by atoms with E-state index in [9.17, 15) is 4.79 Å². The SMILES string of the molecule is CCOC(=O)c1c(CSc2nnc(C3CC3)n2-c2ccccc2)nc2ccccc2c1C. The van der Waals surface area contributed by atoms with Gasteiger partial charge in [-0.15, -0.1) is 10.2 Å². The van der Waals surface area contributed by atoms with E-state index in [1.54, 1.807) is 11.8 Å². The van der Waals surface area contributed by atoms with Gasteiger partial charge in [-0.05, 0) is 50.5 Å². The number of ether oxygens (including phenoxy) is 1. The summed E-state index contributed by atoms with van der Waals surface area (Å²) in [6.07, 6.45) is 2.29. The molecule has 2 heterocycles. The number of pyridine rings is 1. The number of esters is 1. The van der Waals surface area contributed by atoms with Gasteiger partial charge in [0.15, 0.2) is 5.16 Å². The Hall–Kier alpha value is -3.19. The molecule has 0 aliphatic heterocycles. The van der Waals surface area contributed by atoms with Crippen molar-refractivity contribution in [1.82, 2.24) is 19.7 Å². The number of para-hydroxylation sites is 2. The highest BCUT2D eigenvalue weighted by molar-refractivity contribution is 7.98. The Morgan fingerprint density at radius 2 is 1.84 bits per heavy atom. The second kappa shape index (κ2) is 8.74. The molecule has 1 aliphatic carbocycles. The summed E-state index contributed by atoms with van der Waals surface area (Å²) < 4.78 is 7.51. The standard InChI is InChI=1S/C25H24N4O2S/c1-3-31-24(30)22-16(2)19-11-7-8-12-20(19)26-21(22)15-32-25-28-27-23(17-13-14-17)29(25)18-9-5-4-6-10-18/h4-12,17H,3,13-15H2,1-2H3. The number of nitrogens with zero attached hydrogens (tertiary/aromatic N) is 4. The van der Waals surface area contributed by atoms with Gasteiger partial charge >= 0.3 is 5.97 Å². The molecule has 1 fully saturated rings. The fraction of sp³-hybridized carbons (Fsp3) is 0.280. The number of thioether (sulfide) groups is 1. The molecule has 1 aliphatic rings. The lowest BCUT2D eigenvalue weighted by atomic mass is 10.0. The van der Waals surface area contributed by atoms with Crippen LogP contribution in [0.3, 0.4) is 0 Å². The lowest BCUT2D eigenvalue weighted by molar-refractivity contribution is 0.0524. The van der Waals surface area contributed by atoms with Gasteiger partial charge < -0.3 is 4.74 Å². The van der Waals surface area contributed by atoms with Crippen molar-refractivity contribution in [1.29, 1.82) is 0 Å². The molecule has 2 aromatic heterocycles. The van der Waals surface area contributed by atoms with Gasteiger partial charge in [-0.2, -0.15) is 0 Å². The molecule has 0 bridgehead atoms. The minimum atomic E-state index is -0.331. The van der Waals surface area contributed by atoms with E-state index < -0.39 is 0 Å². The first-order valence-corrected chi connectivity index (χ1v) is 11.8. The molecular formula is C25H24N4O2S. The van der Waals surface area contributed by atoms with Crippen LogP contribution < -0.4 is 0 Å². The second-order valence-corrected chi connectivity index (χ2v) is 8.81. The van der Waals surface area contributed by atoms with Gasteiger partial charge in [0.1, 0.15) is 5.82 Å². The zero-order chi connectivity index (χ0) is 22.1. The van der Waals surface area contributed by atoms with Gasteiger partial charge in [0.25, 0.3) is 0 Å². The number of aromatic nitrogens is 4. The van der Waals surface area contributed by atoms with E-state index in [0.29, 0.717) is 29.5 Å². The van der Waals surface area contributed by atoms with Crippen LogP contribution in [0.5, 0.6) is 0 Å². The molecule has 6 nitrogen and oxygen atoms in total. The van der Waals surface area contributed by atoms with Crippen LogP contribution in [0.15, 0.2) is 59.8 Å². The van der Waals surface area contributed by atoms with Gasteiger partial charge in [0.2, 0.25) is 0 Å². The molecule has 7 heteroatoms. The Bertz CT molecular complexity index is 1280. The van der Waals surface area contributed by atoms with Crippen LogP contribution in [-0.2, 0) is 10.5 Å². The van der Waals surface area contributed by atoms with Crippen LogP contribution in [0.4, 0.5) is 0 Å². The third-order valence-corrected chi connectivity index (χ3v) is 6.60. The fourth-order valence-electron chi connectivity index (χ4n) is 3.95. The molecule has 0 saturated heterocycles. The molecule has 0 radical (unpaired) electrons. The summed E-state index contributed by atoms with van der Waals surface area (Å²) in [4.78, 5) is 17.7. The number of aryl methyl sites for hydroxylation is 1. The van der Waals surface area contributed by atoms with Crippen LogP contribution in [-0.4, -0.2) is 32.3 Å². The lowest BCUT2D eigenvalue weighted by Crippen LogP contribution is -2.12. The molecule has 4 aromatic rings. The molecular weight excluding hydrogens is 420 g/mol. The van der Waals surface area contributed by atoms with Crippen molar-refractivity contribution >= 4 is 28.6 Å². The fourth-order valence-corrected chi connectivity index (χ4v) is 4.85. The van der Waals surface area contributed by atoms with Crippen molar-refractivity contribution in [2.75, 3.05) is 6.61 Å². The number of hydrogen-bond donors (Lipinski definition) is 0. The summed E-state index contributed by atoms with van der Waals surface area (Å²) in [5.74, 6) is 1.64. The highest BCUT2D eigenvalue weighted by Crippen LogP contribution is 2.41. The summed E-state index contributed by atoms with van der Waals surface area (Å²) in [6.45, 7) is 4.10. The molecule has 2 aromatic carbocycles. The van der Waals surface area contributed by atoms with Crippen molar-refractivity contribution in [3.8, 4) is 5.69 Å². The molecule has 32 heavy (non-hydrogen) atoms. The topological polar surface area (TPSA) is 69.9 Å². The van der Waals surface area contributed by atoms with Crippen LogP contribution >= 0.6 is 11.8 Å². The number of fused-ring (bicyclic) bond motifs is 1. The summed E-state index contributed by atoms with van der Waals surface area (Å²) in [6, 6.07) is 18.1. The van der Waals surface area contributed by atoms with E-state index >= 15 is 0 Å². The Morgan fingerprint density at radius 1 is 1.09 bits per heavy atom. The number of rotatable bonds is 7. The third-order valence-electron chi connectivity index (χ3n) is 5.66. The van der Waals surface area contributed by atoms with Crippen molar-refractivity contribution in [2.24, 2.45) is 0 Å². The van der Waals surface area contributed by atoms with Crippen molar-refractivity contribution in [3.63, 3.8) is 0 Å². The average Bonchev–Trinajstić information content (AvgIpc) is 3.57. The number of hydrogen-bond acceptors (Lipinski definition) is 6. The van der Waals surface area contributed by atoms with Crippen LogP contribution in [0.1, 0.15) is 53.1 Å². The first-order chi connectivity index (χ1) is 15.7. The number of carbonyl (C=O) groups is 1. The Kier molecular flexibility index (Phi) is 5.66. The van der Waals surface area contributed by atoms with Gasteiger partial charge in [0, 0.05) is 22.7 Å². The monoisotopic (exact) mass is 444 g/mol. The van der Waals surface area contributed by atoms with Gasteiger partial charge in [-0.25, -0.2) is 4.79 Å². The molecule has 162 valence electrons. The Morgan fingerprint density at radius 3 is 2.59 bits per heavy atom. The van der Waals surface area contributed by atoms with Crippen molar-refractivity contribution in [3.05, 3.63) is 77.2 Å². The van der Waals surface area contributed by atoms with E-state index in [0.717, 1.165) is 46.0 Å². The second-order valence-electron chi connectivity index (χ2n) is 7.87. The maximum Gasteiger partial charge on any atom is 0.340 e. The summed E-state index contributed by atoms with van der Waals surface area (Å²) >= 11 is 1.55. The van der Waals surface area contributed by atoms with Crippen LogP contribution in [0.25, 0.3) is 16.6 Å². The Balaban J connectivity index is 1.54. The zero-order valence-corrected chi connectivity index (χ0v) is 18.9. The molecule has 0 amide bonds. The number of benzene rings is 2.